The third-order valence-electron chi connectivity index (χ3n) is 2.38. The molecule has 0 aliphatic heterocycles. The molecule has 7 heteroatoms. The number of ether oxygens (including phenoxy) is 1. The number of hydrogen-bond donors (Lipinski definition) is 2. The normalized spacial score (nSPS) is 11.4. The second kappa shape index (κ2) is 6.35. The largest absolute Gasteiger partial charge is 0.465 e. The van der Waals surface area contributed by atoms with Crippen molar-refractivity contribution in [1.29, 1.82) is 0 Å². The lowest BCUT2D eigenvalue weighted by atomic mass is 10.4. The first-order chi connectivity index (χ1) is 9.18. The second-order valence-corrected chi connectivity index (χ2v) is 5.57. The molecule has 2 aromatic rings. The number of benzene rings is 1. The molecule has 19 heavy (non-hydrogen) atoms. The summed E-state index contributed by atoms with van der Waals surface area (Å²) in [5.74, 6) is 0. The lowest BCUT2D eigenvalue weighted by Gasteiger charge is -2.06. The van der Waals surface area contributed by atoms with E-state index in [2.05, 4.69) is 14.7 Å². The predicted molar refractivity (Wildman–Crippen MR) is 70.3 cm³/mol. The molecule has 2 rings (SSSR count). The topological polar surface area (TPSA) is 84.1 Å². The third kappa shape index (κ3) is 4.08. The summed E-state index contributed by atoms with van der Waals surface area (Å²) in [5.41, 5.74) is 0. The van der Waals surface area contributed by atoms with E-state index in [1.54, 1.807) is 42.7 Å². The van der Waals surface area contributed by atoms with E-state index in [-0.39, 0.29) is 4.90 Å². The van der Waals surface area contributed by atoms with Crippen LogP contribution in [0.4, 0.5) is 0 Å². The molecule has 1 heterocycles. The number of imidazole rings is 1. The maximum atomic E-state index is 11.9. The maximum Gasteiger partial charge on any atom is 0.293 e. The van der Waals surface area contributed by atoms with E-state index < -0.39 is 10.0 Å². The summed E-state index contributed by atoms with van der Waals surface area (Å²) in [5, 5.41) is 0. The van der Waals surface area contributed by atoms with Gasteiger partial charge >= 0.3 is 0 Å². The number of H-pyrrole nitrogens is 1. The van der Waals surface area contributed by atoms with Gasteiger partial charge in [-0.1, -0.05) is 18.2 Å². The van der Waals surface area contributed by atoms with Crippen molar-refractivity contribution >= 4 is 10.0 Å². The zero-order valence-corrected chi connectivity index (χ0v) is 11.1. The van der Waals surface area contributed by atoms with Gasteiger partial charge in [0.05, 0.1) is 11.5 Å². The Kier molecular flexibility index (Phi) is 4.53. The summed E-state index contributed by atoms with van der Waals surface area (Å²) in [6, 6.07) is 8.70. The SMILES string of the molecule is O=S(=O)(NCCCOc1ncc[nH]1)c1ccccc1. The van der Waals surface area contributed by atoms with Crippen LogP contribution in [0.1, 0.15) is 6.42 Å². The van der Waals surface area contributed by atoms with Crippen LogP contribution in [0.3, 0.4) is 0 Å². The Morgan fingerprint density at radius 1 is 1.26 bits per heavy atom. The standard InChI is InChI=1S/C12H15N3O3S/c16-19(17,11-5-2-1-3-6-11)15-7-4-10-18-12-13-8-9-14-12/h1-3,5-6,8-9,15H,4,7,10H2,(H,13,14). The van der Waals surface area contributed by atoms with Gasteiger partial charge in [0, 0.05) is 18.9 Å². The number of rotatable bonds is 7. The number of hydrogen-bond acceptors (Lipinski definition) is 4. The van der Waals surface area contributed by atoms with Crippen LogP contribution in [0, 0.1) is 0 Å². The van der Waals surface area contributed by atoms with Crippen molar-refractivity contribution in [3.05, 3.63) is 42.7 Å². The number of nitrogens with one attached hydrogen (secondary N) is 2. The van der Waals surface area contributed by atoms with E-state index in [9.17, 15) is 8.42 Å². The van der Waals surface area contributed by atoms with Gasteiger partial charge in [-0.25, -0.2) is 18.1 Å². The molecule has 0 radical (unpaired) electrons. The Morgan fingerprint density at radius 2 is 2.05 bits per heavy atom. The molecular formula is C12H15N3O3S. The van der Waals surface area contributed by atoms with E-state index in [1.807, 2.05) is 0 Å². The van der Waals surface area contributed by atoms with Gasteiger partial charge in [-0.3, -0.25) is 0 Å². The van der Waals surface area contributed by atoms with Gasteiger partial charge in [0.15, 0.2) is 0 Å². The van der Waals surface area contributed by atoms with Crippen molar-refractivity contribution in [1.82, 2.24) is 14.7 Å². The minimum absolute atomic E-state index is 0.266. The summed E-state index contributed by atoms with van der Waals surface area (Å²) in [4.78, 5) is 6.96. The number of aromatic nitrogens is 2. The fourth-order valence-electron chi connectivity index (χ4n) is 1.46. The van der Waals surface area contributed by atoms with Crippen LogP contribution < -0.4 is 9.46 Å². The van der Waals surface area contributed by atoms with Crippen molar-refractivity contribution in [3.8, 4) is 6.01 Å². The summed E-state index contributed by atoms with van der Waals surface area (Å²) in [6.07, 6.45) is 3.81. The average Bonchev–Trinajstić information content (AvgIpc) is 2.92. The van der Waals surface area contributed by atoms with E-state index in [0.29, 0.717) is 25.6 Å². The van der Waals surface area contributed by atoms with Crippen molar-refractivity contribution in [3.63, 3.8) is 0 Å². The first kappa shape index (κ1) is 13.6. The zero-order valence-electron chi connectivity index (χ0n) is 10.2. The molecule has 0 aliphatic carbocycles. The molecule has 0 saturated heterocycles. The van der Waals surface area contributed by atoms with Crippen LogP contribution in [0.15, 0.2) is 47.6 Å². The molecule has 6 nitrogen and oxygen atoms in total. The smallest absolute Gasteiger partial charge is 0.293 e. The fraction of sp³-hybridized carbons (Fsp3) is 0.250. The van der Waals surface area contributed by atoms with Gasteiger partial charge in [0.2, 0.25) is 10.0 Å². The molecule has 102 valence electrons. The molecule has 0 aliphatic rings. The first-order valence-corrected chi connectivity index (χ1v) is 7.34. The predicted octanol–water partition coefficient (Wildman–Crippen LogP) is 1.16. The number of sulfonamides is 1. The van der Waals surface area contributed by atoms with Crippen LogP contribution >= 0.6 is 0 Å². The van der Waals surface area contributed by atoms with Crippen LogP contribution in [0.5, 0.6) is 6.01 Å². The minimum Gasteiger partial charge on any atom is -0.465 e. The summed E-state index contributed by atoms with van der Waals surface area (Å²) in [6.45, 7) is 0.711. The van der Waals surface area contributed by atoms with Gasteiger partial charge in [0.25, 0.3) is 6.01 Å². The Hall–Kier alpha value is -1.86. The van der Waals surface area contributed by atoms with Crippen LogP contribution in [-0.4, -0.2) is 31.5 Å². The van der Waals surface area contributed by atoms with E-state index in [1.165, 1.54) is 0 Å². The Morgan fingerprint density at radius 3 is 2.74 bits per heavy atom. The molecule has 0 fully saturated rings. The summed E-state index contributed by atoms with van der Waals surface area (Å²) < 4.78 is 31.5. The van der Waals surface area contributed by atoms with Gasteiger partial charge in [-0.15, -0.1) is 0 Å². The minimum atomic E-state index is -3.42. The quantitative estimate of drug-likeness (QED) is 0.746. The lowest BCUT2D eigenvalue weighted by Crippen LogP contribution is -2.25. The highest BCUT2D eigenvalue weighted by atomic mass is 32.2. The van der Waals surface area contributed by atoms with Gasteiger partial charge < -0.3 is 9.72 Å². The summed E-state index contributed by atoms with van der Waals surface area (Å²) >= 11 is 0. The Balaban J connectivity index is 1.73. The summed E-state index contributed by atoms with van der Waals surface area (Å²) in [7, 11) is -3.42. The molecule has 1 aromatic carbocycles. The molecule has 0 saturated carbocycles. The van der Waals surface area contributed by atoms with E-state index in [4.69, 9.17) is 4.74 Å². The molecule has 1 aromatic heterocycles. The highest BCUT2D eigenvalue weighted by Crippen LogP contribution is 2.06. The number of aromatic amines is 1. The fourth-order valence-corrected chi connectivity index (χ4v) is 2.56. The van der Waals surface area contributed by atoms with Gasteiger partial charge in [-0.05, 0) is 18.6 Å². The van der Waals surface area contributed by atoms with Crippen molar-refractivity contribution in [2.75, 3.05) is 13.2 Å². The van der Waals surface area contributed by atoms with Crippen molar-refractivity contribution in [2.24, 2.45) is 0 Å². The Labute approximate surface area is 111 Å². The molecule has 0 amide bonds. The average molecular weight is 281 g/mol. The highest BCUT2D eigenvalue weighted by molar-refractivity contribution is 7.89. The highest BCUT2D eigenvalue weighted by Gasteiger charge is 2.11. The van der Waals surface area contributed by atoms with Crippen LogP contribution in [0.25, 0.3) is 0 Å². The molecule has 2 N–H and O–H groups in total. The lowest BCUT2D eigenvalue weighted by molar-refractivity contribution is 0.290. The monoisotopic (exact) mass is 281 g/mol. The van der Waals surface area contributed by atoms with Crippen LogP contribution in [0.2, 0.25) is 0 Å². The van der Waals surface area contributed by atoms with Gasteiger partial charge in [-0.2, -0.15) is 0 Å². The van der Waals surface area contributed by atoms with Crippen LogP contribution in [-0.2, 0) is 10.0 Å². The molecule has 0 bridgehead atoms. The van der Waals surface area contributed by atoms with E-state index in [0.717, 1.165) is 0 Å². The maximum absolute atomic E-state index is 11.9. The number of nitrogens with zero attached hydrogens (tertiary/aromatic N) is 1. The Bertz CT molecular complexity index is 582. The molecule has 0 spiro atoms. The zero-order chi connectivity index (χ0) is 13.6. The first-order valence-electron chi connectivity index (χ1n) is 5.85. The second-order valence-electron chi connectivity index (χ2n) is 3.81. The molecular weight excluding hydrogens is 266 g/mol. The van der Waals surface area contributed by atoms with E-state index >= 15 is 0 Å². The third-order valence-corrected chi connectivity index (χ3v) is 3.86. The molecule has 0 atom stereocenters. The van der Waals surface area contributed by atoms with Crippen molar-refractivity contribution < 1.29 is 13.2 Å². The van der Waals surface area contributed by atoms with Gasteiger partial charge in [0.1, 0.15) is 0 Å². The van der Waals surface area contributed by atoms with Crippen molar-refractivity contribution in [2.45, 2.75) is 11.3 Å². The molecule has 0 unspecified atom stereocenters.